The predicted molar refractivity (Wildman–Crippen MR) is 92.1 cm³/mol. The second kappa shape index (κ2) is 8.91. The van der Waals surface area contributed by atoms with E-state index in [1.807, 2.05) is 52.8 Å². The van der Waals surface area contributed by atoms with Crippen molar-refractivity contribution >= 4 is 11.6 Å². The van der Waals surface area contributed by atoms with Crippen LogP contribution in [0.4, 0.5) is 5.69 Å². The highest BCUT2D eigenvalue weighted by Gasteiger charge is 2.12. The second-order valence-corrected chi connectivity index (χ2v) is 6.45. The molecule has 2 unspecified atom stereocenters. The summed E-state index contributed by atoms with van der Waals surface area (Å²) in [5.74, 6) is 0.280. The summed E-state index contributed by atoms with van der Waals surface area (Å²) in [6.45, 7) is 10.8. The van der Waals surface area contributed by atoms with E-state index in [9.17, 15) is 9.90 Å². The molecule has 0 fully saturated rings. The summed E-state index contributed by atoms with van der Waals surface area (Å²) in [5.41, 5.74) is 3.16. The average Bonchev–Trinajstić information content (AvgIpc) is 2.43. The highest BCUT2D eigenvalue weighted by atomic mass is 16.3. The van der Waals surface area contributed by atoms with Crippen molar-refractivity contribution in [3.63, 3.8) is 0 Å². The van der Waals surface area contributed by atoms with Gasteiger partial charge in [-0.3, -0.25) is 4.79 Å². The molecule has 0 saturated heterocycles. The number of carbonyl (C=O) groups excluding carboxylic acids is 1. The van der Waals surface area contributed by atoms with Gasteiger partial charge in [0.25, 0.3) is 0 Å². The zero-order valence-electron chi connectivity index (χ0n) is 14.4. The van der Waals surface area contributed by atoms with E-state index in [4.69, 9.17) is 0 Å². The van der Waals surface area contributed by atoms with Gasteiger partial charge >= 0.3 is 0 Å². The van der Waals surface area contributed by atoms with E-state index in [0.717, 1.165) is 17.8 Å². The molecule has 0 aliphatic rings. The van der Waals surface area contributed by atoms with E-state index >= 15 is 0 Å². The predicted octanol–water partition coefficient (Wildman–Crippen LogP) is 3.02. The van der Waals surface area contributed by atoms with Crippen LogP contribution in [0.25, 0.3) is 0 Å². The molecule has 0 radical (unpaired) electrons. The SMILES string of the molecule is Cc1cccc(NC(=O)CC(C)NCCC(O)C(C)C)c1C. The minimum absolute atomic E-state index is 0.0121. The van der Waals surface area contributed by atoms with Crippen LogP contribution in [0.1, 0.15) is 44.7 Å². The number of carbonyl (C=O) groups is 1. The maximum absolute atomic E-state index is 12.1. The van der Waals surface area contributed by atoms with Crippen LogP contribution in [0, 0.1) is 19.8 Å². The van der Waals surface area contributed by atoms with Crippen molar-refractivity contribution < 1.29 is 9.90 Å². The van der Waals surface area contributed by atoms with Crippen molar-refractivity contribution in [1.82, 2.24) is 5.32 Å². The van der Waals surface area contributed by atoms with Gasteiger partial charge in [0.2, 0.25) is 5.91 Å². The molecule has 3 N–H and O–H groups in total. The molecule has 0 aliphatic carbocycles. The highest BCUT2D eigenvalue weighted by Crippen LogP contribution is 2.18. The third-order valence-electron chi connectivity index (χ3n) is 4.07. The van der Waals surface area contributed by atoms with Crippen LogP contribution in [0.3, 0.4) is 0 Å². The first kappa shape index (κ1) is 18.7. The van der Waals surface area contributed by atoms with E-state index in [2.05, 4.69) is 10.6 Å². The summed E-state index contributed by atoms with van der Waals surface area (Å²) >= 11 is 0. The minimum atomic E-state index is -0.288. The highest BCUT2D eigenvalue weighted by molar-refractivity contribution is 5.92. The molecule has 4 nitrogen and oxygen atoms in total. The van der Waals surface area contributed by atoms with Crippen molar-refractivity contribution in [1.29, 1.82) is 0 Å². The number of nitrogens with one attached hydrogen (secondary N) is 2. The normalized spacial score (nSPS) is 14.0. The summed E-state index contributed by atoms with van der Waals surface area (Å²) in [6.07, 6.45) is 0.842. The zero-order valence-corrected chi connectivity index (χ0v) is 14.4. The van der Waals surface area contributed by atoms with E-state index in [1.165, 1.54) is 5.56 Å². The number of hydrogen-bond acceptors (Lipinski definition) is 3. The number of aryl methyl sites for hydroxylation is 1. The number of amides is 1. The van der Waals surface area contributed by atoms with Crippen LogP contribution in [-0.4, -0.2) is 29.7 Å². The van der Waals surface area contributed by atoms with Gasteiger partial charge in [0.15, 0.2) is 0 Å². The molecule has 0 heterocycles. The fraction of sp³-hybridized carbons (Fsp3) is 0.611. The fourth-order valence-electron chi connectivity index (χ4n) is 2.25. The van der Waals surface area contributed by atoms with Crippen LogP contribution < -0.4 is 10.6 Å². The zero-order chi connectivity index (χ0) is 16.7. The molecular formula is C18H30N2O2. The average molecular weight is 306 g/mol. The third-order valence-corrected chi connectivity index (χ3v) is 4.07. The molecule has 0 aromatic heterocycles. The second-order valence-electron chi connectivity index (χ2n) is 6.45. The standard InChI is InChI=1S/C18H30N2O2/c1-12(2)17(21)9-10-19-14(4)11-18(22)20-16-8-6-7-13(3)15(16)5/h6-8,12,14,17,19,21H,9-11H2,1-5H3,(H,20,22). The van der Waals surface area contributed by atoms with Crippen LogP contribution >= 0.6 is 0 Å². The summed E-state index contributed by atoms with van der Waals surface area (Å²) in [5, 5.41) is 16.0. The smallest absolute Gasteiger partial charge is 0.225 e. The van der Waals surface area contributed by atoms with Crippen molar-refractivity contribution in [3.8, 4) is 0 Å². The Bertz CT molecular complexity index is 486. The molecular weight excluding hydrogens is 276 g/mol. The lowest BCUT2D eigenvalue weighted by molar-refractivity contribution is -0.116. The first-order valence-electron chi connectivity index (χ1n) is 8.08. The monoisotopic (exact) mass is 306 g/mol. The van der Waals surface area contributed by atoms with E-state index in [0.29, 0.717) is 12.8 Å². The number of aliphatic hydroxyl groups is 1. The molecule has 1 rings (SSSR count). The van der Waals surface area contributed by atoms with Crippen molar-refractivity contribution in [2.45, 2.75) is 59.6 Å². The van der Waals surface area contributed by atoms with Gasteiger partial charge < -0.3 is 15.7 Å². The molecule has 22 heavy (non-hydrogen) atoms. The molecule has 1 aromatic carbocycles. The molecule has 1 aromatic rings. The minimum Gasteiger partial charge on any atom is -0.393 e. The molecule has 0 spiro atoms. The topological polar surface area (TPSA) is 61.4 Å². The van der Waals surface area contributed by atoms with Gasteiger partial charge in [0.05, 0.1) is 6.10 Å². The van der Waals surface area contributed by atoms with Crippen LogP contribution in [-0.2, 0) is 4.79 Å². The van der Waals surface area contributed by atoms with Gasteiger partial charge in [-0.15, -0.1) is 0 Å². The summed E-state index contributed by atoms with van der Waals surface area (Å²) in [6, 6.07) is 6.00. The van der Waals surface area contributed by atoms with Gasteiger partial charge in [-0.25, -0.2) is 0 Å². The number of rotatable bonds is 8. The molecule has 4 heteroatoms. The maximum Gasteiger partial charge on any atom is 0.225 e. The lowest BCUT2D eigenvalue weighted by Crippen LogP contribution is -2.33. The maximum atomic E-state index is 12.1. The number of aliphatic hydroxyl groups excluding tert-OH is 1. The van der Waals surface area contributed by atoms with Crippen molar-refractivity contribution in [2.24, 2.45) is 5.92 Å². The third kappa shape index (κ3) is 6.16. The Kier molecular flexibility index (Phi) is 7.56. The lowest BCUT2D eigenvalue weighted by Gasteiger charge is -2.18. The Balaban J connectivity index is 2.37. The van der Waals surface area contributed by atoms with Gasteiger partial charge in [-0.05, 0) is 56.8 Å². The number of hydrogen-bond donors (Lipinski definition) is 3. The number of benzene rings is 1. The molecule has 0 saturated carbocycles. The number of anilines is 1. The summed E-state index contributed by atoms with van der Waals surface area (Å²) in [4.78, 5) is 12.1. The summed E-state index contributed by atoms with van der Waals surface area (Å²) in [7, 11) is 0. The Hall–Kier alpha value is -1.39. The van der Waals surface area contributed by atoms with Crippen molar-refractivity contribution in [2.75, 3.05) is 11.9 Å². The van der Waals surface area contributed by atoms with Crippen LogP contribution in [0.2, 0.25) is 0 Å². The first-order valence-corrected chi connectivity index (χ1v) is 8.08. The Morgan fingerprint density at radius 1 is 1.23 bits per heavy atom. The van der Waals surface area contributed by atoms with Gasteiger partial charge in [0.1, 0.15) is 0 Å². The van der Waals surface area contributed by atoms with Crippen LogP contribution in [0.5, 0.6) is 0 Å². The van der Waals surface area contributed by atoms with Gasteiger partial charge in [-0.2, -0.15) is 0 Å². The molecule has 0 aliphatic heterocycles. The van der Waals surface area contributed by atoms with E-state index < -0.39 is 0 Å². The van der Waals surface area contributed by atoms with Gasteiger partial charge in [-0.1, -0.05) is 26.0 Å². The largest absolute Gasteiger partial charge is 0.393 e. The first-order chi connectivity index (χ1) is 10.3. The van der Waals surface area contributed by atoms with Gasteiger partial charge in [0, 0.05) is 18.2 Å². The van der Waals surface area contributed by atoms with E-state index in [1.54, 1.807) is 0 Å². The fourth-order valence-corrected chi connectivity index (χ4v) is 2.25. The molecule has 2 atom stereocenters. The molecule has 124 valence electrons. The Labute approximate surface area is 134 Å². The molecule has 1 amide bonds. The molecule has 0 bridgehead atoms. The van der Waals surface area contributed by atoms with E-state index in [-0.39, 0.29) is 24.0 Å². The summed E-state index contributed by atoms with van der Waals surface area (Å²) < 4.78 is 0. The van der Waals surface area contributed by atoms with Crippen molar-refractivity contribution in [3.05, 3.63) is 29.3 Å². The van der Waals surface area contributed by atoms with Crippen LogP contribution in [0.15, 0.2) is 18.2 Å². The quantitative estimate of drug-likeness (QED) is 0.692. The Morgan fingerprint density at radius 3 is 2.55 bits per heavy atom. The Morgan fingerprint density at radius 2 is 1.91 bits per heavy atom. The lowest BCUT2D eigenvalue weighted by atomic mass is 10.0.